The second kappa shape index (κ2) is 10.1. The molecule has 0 unspecified atom stereocenters. The summed E-state index contributed by atoms with van der Waals surface area (Å²) in [5, 5.41) is 5.23. The number of likely N-dealkylation sites (tertiary alicyclic amines) is 1. The molecule has 1 aromatic heterocycles. The molecule has 0 aliphatic carbocycles. The van der Waals surface area contributed by atoms with Gasteiger partial charge in [0.1, 0.15) is 0 Å². The van der Waals surface area contributed by atoms with Gasteiger partial charge in [-0.15, -0.1) is 11.3 Å². The van der Waals surface area contributed by atoms with Gasteiger partial charge in [-0.3, -0.25) is 0 Å². The molecular formula is C19H34N4OS. The van der Waals surface area contributed by atoms with Crippen LogP contribution in [0.5, 0.6) is 0 Å². The fourth-order valence-corrected chi connectivity index (χ4v) is 3.96. The molecule has 0 atom stereocenters. The van der Waals surface area contributed by atoms with Crippen molar-refractivity contribution in [1.29, 1.82) is 0 Å². The Morgan fingerprint density at radius 3 is 2.60 bits per heavy atom. The zero-order valence-electron chi connectivity index (χ0n) is 16.2. The first-order valence-corrected chi connectivity index (χ1v) is 10.3. The average Bonchev–Trinajstić information content (AvgIpc) is 3.06. The van der Waals surface area contributed by atoms with Gasteiger partial charge in [0.05, 0.1) is 0 Å². The first-order valence-electron chi connectivity index (χ1n) is 9.42. The topological polar surface area (TPSA) is 38.8 Å². The smallest absolute Gasteiger partial charge is 0.317 e. The van der Waals surface area contributed by atoms with Crippen molar-refractivity contribution in [1.82, 2.24) is 20.0 Å². The molecule has 5 nitrogen and oxygen atoms in total. The van der Waals surface area contributed by atoms with Crippen molar-refractivity contribution in [2.24, 2.45) is 0 Å². The molecule has 0 saturated carbocycles. The lowest BCUT2D eigenvalue weighted by molar-refractivity contribution is 0.115. The Morgan fingerprint density at radius 1 is 1.32 bits per heavy atom. The number of nitrogens with zero attached hydrogens (tertiary/aromatic N) is 3. The fourth-order valence-electron chi connectivity index (χ4n) is 3.27. The van der Waals surface area contributed by atoms with Crippen LogP contribution in [0, 0.1) is 0 Å². The van der Waals surface area contributed by atoms with E-state index in [1.54, 1.807) is 0 Å². The van der Waals surface area contributed by atoms with E-state index in [0.717, 1.165) is 52.0 Å². The highest BCUT2D eigenvalue weighted by atomic mass is 32.1. The molecule has 0 radical (unpaired) electrons. The molecule has 142 valence electrons. The van der Waals surface area contributed by atoms with E-state index < -0.39 is 0 Å². The SMILES string of the molecule is CC(C)NC(=O)N(CCN(C)C)C1CCN(CCc2cccs2)CC1. The number of nitrogens with one attached hydrogen (secondary N) is 1. The molecule has 1 aliphatic heterocycles. The molecule has 2 amide bonds. The van der Waals surface area contributed by atoms with Crippen molar-refractivity contribution in [2.45, 2.75) is 45.2 Å². The quantitative estimate of drug-likeness (QED) is 0.769. The molecule has 0 aromatic carbocycles. The van der Waals surface area contributed by atoms with E-state index in [4.69, 9.17) is 0 Å². The molecule has 0 spiro atoms. The summed E-state index contributed by atoms with van der Waals surface area (Å²) in [5.41, 5.74) is 0. The molecular weight excluding hydrogens is 332 g/mol. The van der Waals surface area contributed by atoms with Crippen molar-refractivity contribution in [2.75, 3.05) is 46.8 Å². The second-order valence-corrected chi connectivity index (χ2v) is 8.54. The van der Waals surface area contributed by atoms with Crippen molar-refractivity contribution >= 4 is 17.4 Å². The summed E-state index contributed by atoms with van der Waals surface area (Å²) in [7, 11) is 4.12. The summed E-state index contributed by atoms with van der Waals surface area (Å²) in [4.78, 5) is 20.8. The van der Waals surface area contributed by atoms with Crippen molar-refractivity contribution < 1.29 is 4.79 Å². The van der Waals surface area contributed by atoms with Crippen LogP contribution in [0.25, 0.3) is 0 Å². The van der Waals surface area contributed by atoms with Gasteiger partial charge in [-0.2, -0.15) is 0 Å². The van der Waals surface area contributed by atoms with Gasteiger partial charge in [0, 0.05) is 49.7 Å². The van der Waals surface area contributed by atoms with Gasteiger partial charge in [-0.25, -0.2) is 4.79 Å². The summed E-state index contributed by atoms with van der Waals surface area (Å²) >= 11 is 1.84. The van der Waals surface area contributed by atoms with Crippen LogP contribution >= 0.6 is 11.3 Å². The molecule has 0 bridgehead atoms. The highest BCUT2D eigenvalue weighted by Gasteiger charge is 2.28. The van der Waals surface area contributed by atoms with Crippen LogP contribution in [-0.4, -0.2) is 79.6 Å². The Balaban J connectivity index is 1.83. The van der Waals surface area contributed by atoms with E-state index in [0.29, 0.717) is 6.04 Å². The summed E-state index contributed by atoms with van der Waals surface area (Å²) in [6.45, 7) is 9.05. The van der Waals surface area contributed by atoms with Gasteiger partial charge in [0.2, 0.25) is 0 Å². The van der Waals surface area contributed by atoms with Crippen LogP contribution in [0.3, 0.4) is 0 Å². The third-order valence-corrected chi connectivity index (χ3v) is 5.65. The highest BCUT2D eigenvalue weighted by molar-refractivity contribution is 7.09. The zero-order valence-corrected chi connectivity index (χ0v) is 17.0. The number of hydrogen-bond acceptors (Lipinski definition) is 4. The lowest BCUT2D eigenvalue weighted by Gasteiger charge is -2.39. The van der Waals surface area contributed by atoms with E-state index in [1.807, 2.05) is 25.2 Å². The van der Waals surface area contributed by atoms with E-state index in [2.05, 4.69) is 51.6 Å². The maximum absolute atomic E-state index is 12.6. The van der Waals surface area contributed by atoms with Crippen LogP contribution in [0.15, 0.2) is 17.5 Å². The molecule has 1 aromatic rings. The third-order valence-electron chi connectivity index (χ3n) is 4.71. The normalized spacial score (nSPS) is 16.6. The van der Waals surface area contributed by atoms with Gasteiger partial charge in [0.25, 0.3) is 0 Å². The second-order valence-electron chi connectivity index (χ2n) is 7.50. The molecule has 6 heteroatoms. The van der Waals surface area contributed by atoms with Crippen LogP contribution < -0.4 is 5.32 Å². The Hall–Kier alpha value is -1.11. The van der Waals surface area contributed by atoms with Crippen LogP contribution in [0.1, 0.15) is 31.6 Å². The van der Waals surface area contributed by atoms with Crippen LogP contribution in [-0.2, 0) is 6.42 Å². The number of rotatable bonds is 8. The molecule has 2 heterocycles. The predicted molar refractivity (Wildman–Crippen MR) is 106 cm³/mol. The summed E-state index contributed by atoms with van der Waals surface area (Å²) in [5.74, 6) is 0. The third kappa shape index (κ3) is 6.96. The Bertz CT molecular complexity index is 496. The Kier molecular flexibility index (Phi) is 8.19. The Labute approximate surface area is 157 Å². The van der Waals surface area contributed by atoms with E-state index in [9.17, 15) is 4.79 Å². The van der Waals surface area contributed by atoms with Crippen molar-refractivity contribution in [3.8, 4) is 0 Å². The summed E-state index contributed by atoms with van der Waals surface area (Å²) in [6.07, 6.45) is 3.29. The van der Waals surface area contributed by atoms with Gasteiger partial charge in [-0.05, 0) is 58.7 Å². The highest BCUT2D eigenvalue weighted by Crippen LogP contribution is 2.18. The zero-order chi connectivity index (χ0) is 18.2. The van der Waals surface area contributed by atoms with Crippen molar-refractivity contribution in [3.05, 3.63) is 22.4 Å². The number of likely N-dealkylation sites (N-methyl/N-ethyl adjacent to an activating group) is 1. The monoisotopic (exact) mass is 366 g/mol. The number of amides is 2. The van der Waals surface area contributed by atoms with E-state index in [-0.39, 0.29) is 12.1 Å². The summed E-state index contributed by atoms with van der Waals surface area (Å²) in [6, 6.07) is 4.98. The minimum atomic E-state index is 0.0916. The molecule has 1 fully saturated rings. The molecule has 1 saturated heterocycles. The van der Waals surface area contributed by atoms with E-state index >= 15 is 0 Å². The number of urea groups is 1. The standard InChI is InChI=1S/C19H34N4OS/c1-16(2)20-19(24)23(14-13-21(3)4)17-7-10-22(11-8-17)12-9-18-6-5-15-25-18/h5-6,15-17H,7-14H2,1-4H3,(H,20,24). The van der Waals surface area contributed by atoms with Crippen molar-refractivity contribution in [3.63, 3.8) is 0 Å². The minimum Gasteiger partial charge on any atom is -0.336 e. The molecule has 2 rings (SSSR count). The van der Waals surface area contributed by atoms with Gasteiger partial charge >= 0.3 is 6.03 Å². The number of hydrogen-bond donors (Lipinski definition) is 1. The van der Waals surface area contributed by atoms with Gasteiger partial charge in [-0.1, -0.05) is 6.07 Å². The molecule has 1 N–H and O–H groups in total. The number of piperidine rings is 1. The Morgan fingerprint density at radius 2 is 2.04 bits per heavy atom. The van der Waals surface area contributed by atoms with E-state index in [1.165, 1.54) is 4.88 Å². The summed E-state index contributed by atoms with van der Waals surface area (Å²) < 4.78 is 0. The number of thiophene rings is 1. The largest absolute Gasteiger partial charge is 0.336 e. The first kappa shape index (κ1) is 20.2. The number of carbonyl (C=O) groups excluding carboxylic acids is 1. The fraction of sp³-hybridized carbons (Fsp3) is 0.737. The first-order chi connectivity index (χ1) is 12.0. The number of carbonyl (C=O) groups is 1. The average molecular weight is 367 g/mol. The van der Waals surface area contributed by atoms with Crippen LogP contribution in [0.4, 0.5) is 4.79 Å². The van der Waals surface area contributed by atoms with Crippen LogP contribution in [0.2, 0.25) is 0 Å². The molecule has 25 heavy (non-hydrogen) atoms. The molecule has 1 aliphatic rings. The van der Waals surface area contributed by atoms with Gasteiger partial charge in [0.15, 0.2) is 0 Å². The predicted octanol–water partition coefficient (Wildman–Crippen LogP) is 2.74. The maximum atomic E-state index is 12.6. The lowest BCUT2D eigenvalue weighted by Crippen LogP contribution is -2.53. The minimum absolute atomic E-state index is 0.0916. The maximum Gasteiger partial charge on any atom is 0.317 e. The lowest BCUT2D eigenvalue weighted by atomic mass is 10.0. The van der Waals surface area contributed by atoms with Gasteiger partial charge < -0.3 is 20.0 Å².